The molecule has 120 valence electrons. The predicted octanol–water partition coefficient (Wildman–Crippen LogP) is 6.53. The standard InChI is InChI=1S/C13H16N2.3C2H6/c1-4-9(2)12-8-14-7-11-5-6-15-10(3)13(11)12;3*1-2/h5-9H,4H2,1-3H3;3*1-2H3. The molecule has 0 saturated carbocycles. The molecule has 21 heavy (non-hydrogen) atoms. The first kappa shape index (κ1) is 21.9. The fraction of sp³-hybridized carbons (Fsp3) is 0.579. The van der Waals surface area contributed by atoms with Crippen molar-refractivity contribution in [1.29, 1.82) is 0 Å². The molecule has 2 heterocycles. The van der Waals surface area contributed by atoms with Gasteiger partial charge >= 0.3 is 0 Å². The number of aryl methyl sites for hydroxylation is 1. The van der Waals surface area contributed by atoms with Gasteiger partial charge < -0.3 is 0 Å². The highest BCUT2D eigenvalue weighted by Gasteiger charge is 2.10. The van der Waals surface area contributed by atoms with Crippen LogP contribution in [-0.4, -0.2) is 9.97 Å². The fourth-order valence-corrected chi connectivity index (χ4v) is 1.93. The van der Waals surface area contributed by atoms with Crippen molar-refractivity contribution in [2.45, 2.75) is 74.7 Å². The summed E-state index contributed by atoms with van der Waals surface area (Å²) in [6.07, 6.45) is 6.87. The van der Waals surface area contributed by atoms with Crippen molar-refractivity contribution in [3.05, 3.63) is 35.9 Å². The molecule has 0 aliphatic rings. The molecule has 0 spiro atoms. The predicted molar refractivity (Wildman–Crippen MR) is 97.0 cm³/mol. The van der Waals surface area contributed by atoms with Gasteiger partial charge in [0.1, 0.15) is 0 Å². The molecular weight excluding hydrogens is 256 g/mol. The maximum atomic E-state index is 4.36. The molecule has 0 radical (unpaired) electrons. The minimum Gasteiger partial charge on any atom is -0.264 e. The van der Waals surface area contributed by atoms with Crippen LogP contribution in [0.25, 0.3) is 10.8 Å². The first-order valence-electron chi connectivity index (χ1n) is 8.43. The van der Waals surface area contributed by atoms with Gasteiger partial charge in [-0.05, 0) is 30.9 Å². The van der Waals surface area contributed by atoms with Gasteiger partial charge in [-0.3, -0.25) is 9.97 Å². The van der Waals surface area contributed by atoms with E-state index in [1.807, 2.05) is 66.2 Å². The van der Waals surface area contributed by atoms with Gasteiger partial charge in [-0.1, -0.05) is 55.4 Å². The van der Waals surface area contributed by atoms with Gasteiger partial charge in [0.2, 0.25) is 0 Å². The maximum absolute atomic E-state index is 4.36. The van der Waals surface area contributed by atoms with Crippen molar-refractivity contribution in [2.75, 3.05) is 0 Å². The van der Waals surface area contributed by atoms with Crippen LogP contribution in [0.5, 0.6) is 0 Å². The molecule has 0 saturated heterocycles. The number of hydrogen-bond acceptors (Lipinski definition) is 2. The summed E-state index contributed by atoms with van der Waals surface area (Å²) in [6.45, 7) is 18.5. The Kier molecular flexibility index (Phi) is 14.1. The van der Waals surface area contributed by atoms with E-state index in [2.05, 4.69) is 30.7 Å². The molecule has 2 rings (SSSR count). The lowest BCUT2D eigenvalue weighted by Crippen LogP contribution is -1.97. The van der Waals surface area contributed by atoms with Crippen molar-refractivity contribution in [3.8, 4) is 0 Å². The highest BCUT2D eigenvalue weighted by Crippen LogP contribution is 2.27. The zero-order valence-corrected chi connectivity index (χ0v) is 15.5. The zero-order chi connectivity index (χ0) is 16.8. The number of fused-ring (bicyclic) bond motifs is 1. The molecule has 0 bridgehead atoms. The van der Waals surface area contributed by atoms with E-state index in [0.29, 0.717) is 5.92 Å². The normalized spacial score (nSPS) is 10.1. The molecule has 0 fully saturated rings. The van der Waals surface area contributed by atoms with E-state index in [9.17, 15) is 0 Å². The minimum atomic E-state index is 0.545. The Hall–Kier alpha value is -1.44. The molecule has 2 aromatic rings. The number of hydrogen-bond donors (Lipinski definition) is 0. The van der Waals surface area contributed by atoms with Gasteiger partial charge in [-0.2, -0.15) is 0 Å². The summed E-state index contributed by atoms with van der Waals surface area (Å²) in [5, 5.41) is 2.47. The van der Waals surface area contributed by atoms with Crippen LogP contribution in [-0.2, 0) is 0 Å². The summed E-state index contributed by atoms with van der Waals surface area (Å²) in [6, 6.07) is 2.03. The quantitative estimate of drug-likeness (QED) is 0.628. The van der Waals surface area contributed by atoms with Crippen LogP contribution >= 0.6 is 0 Å². The van der Waals surface area contributed by atoms with Gasteiger partial charge in [-0.15, -0.1) is 0 Å². The first-order valence-corrected chi connectivity index (χ1v) is 8.43. The van der Waals surface area contributed by atoms with Gasteiger partial charge in [0.15, 0.2) is 0 Å². The number of rotatable bonds is 2. The number of aromatic nitrogens is 2. The van der Waals surface area contributed by atoms with Crippen LogP contribution in [0.15, 0.2) is 24.7 Å². The van der Waals surface area contributed by atoms with Crippen molar-refractivity contribution in [1.82, 2.24) is 9.97 Å². The molecule has 2 aromatic heterocycles. The Balaban J connectivity index is 0. The molecule has 0 aromatic carbocycles. The Morgan fingerprint density at radius 3 is 2.10 bits per heavy atom. The third-order valence-electron chi connectivity index (χ3n) is 3.03. The Morgan fingerprint density at radius 1 is 1.00 bits per heavy atom. The minimum absolute atomic E-state index is 0.545. The zero-order valence-electron chi connectivity index (χ0n) is 15.5. The van der Waals surface area contributed by atoms with Crippen molar-refractivity contribution in [3.63, 3.8) is 0 Å². The van der Waals surface area contributed by atoms with Gasteiger partial charge in [0, 0.05) is 35.1 Å². The van der Waals surface area contributed by atoms with E-state index in [1.165, 1.54) is 16.3 Å². The van der Waals surface area contributed by atoms with E-state index >= 15 is 0 Å². The van der Waals surface area contributed by atoms with Crippen molar-refractivity contribution < 1.29 is 0 Å². The van der Waals surface area contributed by atoms with Crippen LogP contribution in [0, 0.1) is 6.92 Å². The number of nitrogens with zero attached hydrogens (tertiary/aromatic N) is 2. The highest BCUT2D eigenvalue weighted by atomic mass is 14.7. The van der Waals surface area contributed by atoms with Crippen molar-refractivity contribution >= 4 is 10.8 Å². The first-order chi connectivity index (χ1) is 10.2. The van der Waals surface area contributed by atoms with E-state index in [-0.39, 0.29) is 0 Å². The Labute approximate surface area is 132 Å². The average molecular weight is 290 g/mol. The van der Waals surface area contributed by atoms with Crippen LogP contribution in [0.4, 0.5) is 0 Å². The Morgan fingerprint density at radius 2 is 1.57 bits per heavy atom. The molecular formula is C19H34N2. The lowest BCUT2D eigenvalue weighted by atomic mass is 9.95. The Bertz CT molecular complexity index is 473. The summed E-state index contributed by atoms with van der Waals surface area (Å²) in [4.78, 5) is 8.65. The summed E-state index contributed by atoms with van der Waals surface area (Å²) < 4.78 is 0. The molecule has 0 N–H and O–H groups in total. The molecule has 2 heteroatoms. The summed E-state index contributed by atoms with van der Waals surface area (Å²) >= 11 is 0. The largest absolute Gasteiger partial charge is 0.264 e. The van der Waals surface area contributed by atoms with Crippen LogP contribution in [0.2, 0.25) is 0 Å². The van der Waals surface area contributed by atoms with Gasteiger partial charge in [-0.25, -0.2) is 0 Å². The maximum Gasteiger partial charge on any atom is 0.0454 e. The van der Waals surface area contributed by atoms with Crippen LogP contribution < -0.4 is 0 Å². The summed E-state index contributed by atoms with van der Waals surface area (Å²) in [5.41, 5.74) is 2.42. The third kappa shape index (κ3) is 6.24. The van der Waals surface area contributed by atoms with Crippen LogP contribution in [0.1, 0.15) is 79.0 Å². The molecule has 0 amide bonds. The van der Waals surface area contributed by atoms with E-state index in [1.54, 1.807) is 0 Å². The lowest BCUT2D eigenvalue weighted by Gasteiger charge is -2.12. The molecule has 0 aliphatic carbocycles. The van der Waals surface area contributed by atoms with E-state index in [4.69, 9.17) is 0 Å². The second-order valence-electron chi connectivity index (χ2n) is 4.03. The average Bonchev–Trinajstić information content (AvgIpc) is 2.59. The highest BCUT2D eigenvalue weighted by molar-refractivity contribution is 5.86. The summed E-state index contributed by atoms with van der Waals surface area (Å²) in [5.74, 6) is 0.545. The van der Waals surface area contributed by atoms with E-state index in [0.717, 1.165) is 12.1 Å². The molecule has 0 aliphatic heterocycles. The molecule has 2 nitrogen and oxygen atoms in total. The van der Waals surface area contributed by atoms with Gasteiger partial charge in [0.05, 0.1) is 0 Å². The van der Waals surface area contributed by atoms with Crippen molar-refractivity contribution in [2.24, 2.45) is 0 Å². The topological polar surface area (TPSA) is 25.8 Å². The third-order valence-corrected chi connectivity index (χ3v) is 3.03. The second-order valence-corrected chi connectivity index (χ2v) is 4.03. The molecule has 1 atom stereocenters. The van der Waals surface area contributed by atoms with Gasteiger partial charge in [0.25, 0.3) is 0 Å². The summed E-state index contributed by atoms with van der Waals surface area (Å²) in [7, 11) is 0. The molecule has 1 unspecified atom stereocenters. The smallest absolute Gasteiger partial charge is 0.0454 e. The van der Waals surface area contributed by atoms with Crippen LogP contribution in [0.3, 0.4) is 0 Å². The monoisotopic (exact) mass is 290 g/mol. The second kappa shape index (κ2) is 13.5. The fourth-order valence-electron chi connectivity index (χ4n) is 1.93. The SMILES string of the molecule is CC.CC.CC.CCC(C)c1cncc2ccnc(C)c12. The lowest BCUT2D eigenvalue weighted by molar-refractivity contribution is 0.735. The number of pyridine rings is 2. The van der Waals surface area contributed by atoms with E-state index < -0.39 is 0 Å².